The highest BCUT2D eigenvalue weighted by molar-refractivity contribution is 7.66. The van der Waals surface area contributed by atoms with Gasteiger partial charge in [-0.1, -0.05) is 43.7 Å². The molecule has 0 spiro atoms. The lowest BCUT2D eigenvalue weighted by atomic mass is 10.0. The molecule has 2 aromatic rings. The third-order valence-corrected chi connectivity index (χ3v) is 4.69. The van der Waals surface area contributed by atoms with Crippen LogP contribution in [0.3, 0.4) is 0 Å². The summed E-state index contributed by atoms with van der Waals surface area (Å²) < 4.78 is 5.65. The molecule has 22 heavy (non-hydrogen) atoms. The second kappa shape index (κ2) is 8.10. The standard InChI is InChI=1S/C19H23O2P/c1-4-5-13-21-16-9-11-17(12-10-16)22-19(20)18-14(2)7-6-8-15(18)3/h6-12,22H,4-5,13H2,1-3H3. The lowest BCUT2D eigenvalue weighted by molar-refractivity contribution is 0.108. The second-order valence-corrected chi connectivity index (χ2v) is 6.73. The van der Waals surface area contributed by atoms with Gasteiger partial charge in [0.25, 0.3) is 0 Å². The van der Waals surface area contributed by atoms with E-state index in [9.17, 15) is 4.79 Å². The van der Waals surface area contributed by atoms with Crippen molar-refractivity contribution < 1.29 is 9.53 Å². The van der Waals surface area contributed by atoms with E-state index in [0.717, 1.165) is 47.2 Å². The lowest BCUT2D eigenvalue weighted by Crippen LogP contribution is -2.05. The van der Waals surface area contributed by atoms with Crippen molar-refractivity contribution in [1.29, 1.82) is 0 Å². The summed E-state index contributed by atoms with van der Waals surface area (Å²) in [4.78, 5) is 12.5. The molecule has 2 nitrogen and oxygen atoms in total. The van der Waals surface area contributed by atoms with Gasteiger partial charge in [-0.25, -0.2) is 0 Å². The topological polar surface area (TPSA) is 26.3 Å². The maximum Gasteiger partial charge on any atom is 0.186 e. The van der Waals surface area contributed by atoms with Crippen molar-refractivity contribution in [3.8, 4) is 5.75 Å². The number of hydrogen-bond acceptors (Lipinski definition) is 2. The minimum atomic E-state index is 0.153. The normalized spacial score (nSPS) is 11.0. The Hall–Kier alpha value is -1.66. The fourth-order valence-electron chi connectivity index (χ4n) is 2.34. The zero-order valence-corrected chi connectivity index (χ0v) is 14.5. The predicted molar refractivity (Wildman–Crippen MR) is 95.0 cm³/mol. The van der Waals surface area contributed by atoms with Gasteiger partial charge in [0.1, 0.15) is 5.75 Å². The van der Waals surface area contributed by atoms with Gasteiger partial charge in [-0.15, -0.1) is 0 Å². The van der Waals surface area contributed by atoms with Crippen molar-refractivity contribution in [1.82, 2.24) is 0 Å². The Labute approximate surface area is 134 Å². The summed E-state index contributed by atoms with van der Waals surface area (Å²) in [5.74, 6) is 0.876. The Bertz CT molecular complexity index is 612. The molecule has 2 rings (SSSR count). The molecule has 0 aliphatic rings. The van der Waals surface area contributed by atoms with E-state index in [2.05, 4.69) is 6.92 Å². The lowest BCUT2D eigenvalue weighted by Gasteiger charge is -2.09. The maximum absolute atomic E-state index is 12.5. The van der Waals surface area contributed by atoms with Gasteiger partial charge in [0.05, 0.1) is 6.61 Å². The highest BCUT2D eigenvalue weighted by Crippen LogP contribution is 2.24. The Balaban J connectivity index is 2.03. The third-order valence-electron chi connectivity index (χ3n) is 3.59. The molecule has 0 aromatic heterocycles. The summed E-state index contributed by atoms with van der Waals surface area (Å²) in [5.41, 5.74) is 3.17. The monoisotopic (exact) mass is 314 g/mol. The van der Waals surface area contributed by atoms with E-state index in [1.807, 2.05) is 56.3 Å². The molecule has 0 heterocycles. The quantitative estimate of drug-likeness (QED) is 0.550. The van der Waals surface area contributed by atoms with Crippen molar-refractivity contribution in [2.45, 2.75) is 33.6 Å². The maximum atomic E-state index is 12.5. The van der Waals surface area contributed by atoms with Crippen LogP contribution in [0.25, 0.3) is 0 Å². The number of carbonyl (C=O) groups excluding carboxylic acids is 1. The predicted octanol–water partition coefficient (Wildman–Crippen LogP) is 4.63. The van der Waals surface area contributed by atoms with Crippen LogP contribution >= 0.6 is 8.58 Å². The first-order valence-corrected chi connectivity index (χ1v) is 8.72. The minimum Gasteiger partial charge on any atom is -0.494 e. The molecule has 116 valence electrons. The van der Waals surface area contributed by atoms with Crippen LogP contribution in [0.5, 0.6) is 5.75 Å². The number of benzene rings is 2. The zero-order chi connectivity index (χ0) is 15.9. The Morgan fingerprint density at radius 1 is 1.05 bits per heavy atom. The number of ether oxygens (including phenoxy) is 1. The van der Waals surface area contributed by atoms with Gasteiger partial charge in [-0.05, 0) is 57.4 Å². The van der Waals surface area contributed by atoms with Gasteiger partial charge in [0.2, 0.25) is 0 Å². The number of aryl methyl sites for hydroxylation is 2. The highest BCUT2D eigenvalue weighted by atomic mass is 31.1. The summed E-state index contributed by atoms with van der Waals surface area (Å²) in [6, 6.07) is 13.9. The molecule has 0 amide bonds. The van der Waals surface area contributed by atoms with Crippen LogP contribution < -0.4 is 10.0 Å². The Morgan fingerprint density at radius 3 is 2.27 bits per heavy atom. The van der Waals surface area contributed by atoms with Crippen molar-refractivity contribution in [2.75, 3.05) is 6.61 Å². The van der Waals surface area contributed by atoms with Crippen molar-refractivity contribution in [3.63, 3.8) is 0 Å². The van der Waals surface area contributed by atoms with E-state index in [4.69, 9.17) is 4.74 Å². The average Bonchev–Trinajstić information content (AvgIpc) is 2.49. The molecule has 0 saturated heterocycles. The number of hydrogen-bond donors (Lipinski definition) is 0. The molecule has 0 N–H and O–H groups in total. The van der Waals surface area contributed by atoms with Crippen molar-refractivity contribution >= 4 is 19.4 Å². The molecule has 1 unspecified atom stereocenters. The first-order valence-electron chi connectivity index (χ1n) is 7.72. The first-order chi connectivity index (χ1) is 10.6. The second-order valence-electron chi connectivity index (χ2n) is 5.45. The Morgan fingerprint density at radius 2 is 1.68 bits per heavy atom. The van der Waals surface area contributed by atoms with E-state index < -0.39 is 0 Å². The van der Waals surface area contributed by atoms with Crippen LogP contribution in [0.15, 0.2) is 42.5 Å². The zero-order valence-electron chi connectivity index (χ0n) is 13.5. The average molecular weight is 314 g/mol. The Kier molecular flexibility index (Phi) is 6.15. The van der Waals surface area contributed by atoms with Gasteiger partial charge < -0.3 is 4.74 Å². The molecule has 3 heteroatoms. The van der Waals surface area contributed by atoms with Crippen LogP contribution in [0, 0.1) is 13.8 Å². The minimum absolute atomic E-state index is 0.153. The fourth-order valence-corrected chi connectivity index (χ4v) is 3.45. The first kappa shape index (κ1) is 16.7. The van der Waals surface area contributed by atoms with Gasteiger partial charge in [0.15, 0.2) is 5.52 Å². The molecule has 1 atom stereocenters. The van der Waals surface area contributed by atoms with E-state index in [0.29, 0.717) is 0 Å². The van der Waals surface area contributed by atoms with Crippen molar-refractivity contribution in [3.05, 3.63) is 59.2 Å². The SMILES string of the molecule is CCCCOc1ccc(PC(=O)c2c(C)cccc2C)cc1. The third kappa shape index (κ3) is 4.42. The molecule has 0 aliphatic heterocycles. The fraction of sp³-hybridized carbons (Fsp3) is 0.316. The summed E-state index contributed by atoms with van der Waals surface area (Å²) in [7, 11) is 0.153. The van der Waals surface area contributed by atoms with Gasteiger partial charge in [-0.2, -0.15) is 0 Å². The van der Waals surface area contributed by atoms with Gasteiger partial charge in [0, 0.05) is 5.56 Å². The largest absolute Gasteiger partial charge is 0.494 e. The summed E-state index contributed by atoms with van der Waals surface area (Å²) in [6.07, 6.45) is 2.19. The molecule has 0 radical (unpaired) electrons. The summed E-state index contributed by atoms with van der Waals surface area (Å²) in [6.45, 7) is 6.89. The number of unbranched alkanes of at least 4 members (excludes halogenated alkanes) is 1. The number of rotatable bonds is 7. The molecule has 0 fully saturated rings. The van der Waals surface area contributed by atoms with Crippen LogP contribution in [0.2, 0.25) is 0 Å². The van der Waals surface area contributed by atoms with Crippen LogP contribution in [-0.4, -0.2) is 12.1 Å². The van der Waals surface area contributed by atoms with E-state index in [1.54, 1.807) is 0 Å². The van der Waals surface area contributed by atoms with Crippen molar-refractivity contribution in [2.24, 2.45) is 0 Å². The van der Waals surface area contributed by atoms with Crippen LogP contribution in [0.1, 0.15) is 41.3 Å². The smallest absolute Gasteiger partial charge is 0.186 e. The summed E-state index contributed by atoms with van der Waals surface area (Å²) >= 11 is 0. The summed E-state index contributed by atoms with van der Waals surface area (Å²) in [5, 5.41) is 1.05. The molecular formula is C19H23O2P. The van der Waals surface area contributed by atoms with Gasteiger partial charge >= 0.3 is 0 Å². The molecule has 0 saturated carbocycles. The van der Waals surface area contributed by atoms with E-state index in [-0.39, 0.29) is 14.1 Å². The molecule has 0 aliphatic carbocycles. The highest BCUT2D eigenvalue weighted by Gasteiger charge is 2.12. The van der Waals surface area contributed by atoms with Crippen LogP contribution in [0.4, 0.5) is 0 Å². The number of carbonyl (C=O) groups is 1. The van der Waals surface area contributed by atoms with Gasteiger partial charge in [-0.3, -0.25) is 4.79 Å². The van der Waals surface area contributed by atoms with E-state index >= 15 is 0 Å². The molecular weight excluding hydrogens is 291 g/mol. The van der Waals surface area contributed by atoms with Crippen LogP contribution in [-0.2, 0) is 0 Å². The molecule has 0 bridgehead atoms. The van der Waals surface area contributed by atoms with E-state index in [1.165, 1.54) is 0 Å². The molecule has 2 aromatic carbocycles.